The van der Waals surface area contributed by atoms with Gasteiger partial charge in [-0.3, -0.25) is 9.59 Å². The number of rotatable bonds is 8. The summed E-state index contributed by atoms with van der Waals surface area (Å²) in [6, 6.07) is 6.29. The molecule has 7 nitrogen and oxygen atoms in total. The summed E-state index contributed by atoms with van der Waals surface area (Å²) >= 11 is 1.24. The fourth-order valence-electron chi connectivity index (χ4n) is 1.67. The second-order valence-electron chi connectivity index (χ2n) is 5.04. The van der Waals surface area contributed by atoms with Crippen LogP contribution in [-0.4, -0.2) is 47.1 Å². The summed E-state index contributed by atoms with van der Waals surface area (Å²) in [7, 11) is 0. The summed E-state index contributed by atoms with van der Waals surface area (Å²) in [6.07, 6.45) is 0. The van der Waals surface area contributed by atoms with Crippen molar-refractivity contribution in [3.63, 3.8) is 0 Å². The van der Waals surface area contributed by atoms with Crippen LogP contribution in [0.2, 0.25) is 0 Å². The normalized spacial score (nSPS) is 10.2. The molecule has 3 amide bonds. The van der Waals surface area contributed by atoms with Crippen LogP contribution in [0.3, 0.4) is 0 Å². The quantitative estimate of drug-likeness (QED) is 0.540. The molecule has 23 heavy (non-hydrogen) atoms. The molecule has 0 aliphatic rings. The molecule has 0 aliphatic carbocycles. The number of carboxylic acids is 1. The van der Waals surface area contributed by atoms with Gasteiger partial charge >= 0.3 is 12.0 Å². The van der Waals surface area contributed by atoms with E-state index in [0.29, 0.717) is 23.5 Å². The lowest BCUT2D eigenvalue weighted by Crippen LogP contribution is -2.34. The van der Waals surface area contributed by atoms with Crippen molar-refractivity contribution in [2.24, 2.45) is 0 Å². The SMILES string of the molecule is CC(C)NC(=O)Nc1cccc(C(=O)NCCSCC(=O)O)c1. The maximum absolute atomic E-state index is 12.0. The van der Waals surface area contributed by atoms with E-state index in [1.807, 2.05) is 13.8 Å². The van der Waals surface area contributed by atoms with Crippen LogP contribution < -0.4 is 16.0 Å². The fourth-order valence-corrected chi connectivity index (χ4v) is 2.23. The molecule has 0 aromatic heterocycles. The standard InChI is InChI=1S/C15H21N3O4S/c1-10(2)17-15(22)18-12-5-3-4-11(8-12)14(21)16-6-7-23-9-13(19)20/h3-5,8,10H,6-7,9H2,1-2H3,(H,16,21)(H,19,20)(H2,17,18,22). The molecule has 0 spiro atoms. The molecule has 0 unspecified atom stereocenters. The van der Waals surface area contributed by atoms with Crippen LogP contribution >= 0.6 is 11.8 Å². The molecule has 0 saturated carbocycles. The molecular weight excluding hydrogens is 318 g/mol. The number of urea groups is 1. The van der Waals surface area contributed by atoms with Crippen LogP contribution in [0.5, 0.6) is 0 Å². The Morgan fingerprint density at radius 3 is 2.65 bits per heavy atom. The highest BCUT2D eigenvalue weighted by Gasteiger charge is 2.08. The summed E-state index contributed by atoms with van der Waals surface area (Å²) in [5.74, 6) is -0.610. The number of thioether (sulfide) groups is 1. The van der Waals surface area contributed by atoms with Crippen molar-refractivity contribution >= 4 is 35.4 Å². The minimum atomic E-state index is -0.875. The fraction of sp³-hybridized carbons (Fsp3) is 0.400. The average molecular weight is 339 g/mol. The lowest BCUT2D eigenvalue weighted by atomic mass is 10.2. The average Bonchev–Trinajstić information content (AvgIpc) is 2.45. The monoisotopic (exact) mass is 339 g/mol. The largest absolute Gasteiger partial charge is 0.481 e. The number of hydrogen-bond acceptors (Lipinski definition) is 4. The molecular formula is C15H21N3O4S. The third-order valence-corrected chi connectivity index (χ3v) is 3.50. The van der Waals surface area contributed by atoms with E-state index in [0.717, 1.165) is 0 Å². The molecule has 0 aliphatic heterocycles. The van der Waals surface area contributed by atoms with Crippen LogP contribution in [0.4, 0.5) is 10.5 Å². The Morgan fingerprint density at radius 2 is 2.00 bits per heavy atom. The first-order valence-electron chi connectivity index (χ1n) is 7.14. The van der Waals surface area contributed by atoms with E-state index in [2.05, 4.69) is 16.0 Å². The van der Waals surface area contributed by atoms with Gasteiger partial charge < -0.3 is 21.1 Å². The van der Waals surface area contributed by atoms with Gasteiger partial charge in [0, 0.05) is 29.6 Å². The van der Waals surface area contributed by atoms with E-state index >= 15 is 0 Å². The van der Waals surface area contributed by atoms with Gasteiger partial charge in [-0.05, 0) is 32.0 Å². The van der Waals surface area contributed by atoms with Crippen molar-refractivity contribution in [2.45, 2.75) is 19.9 Å². The zero-order valence-electron chi connectivity index (χ0n) is 13.1. The van der Waals surface area contributed by atoms with Gasteiger partial charge in [0.15, 0.2) is 0 Å². The van der Waals surface area contributed by atoms with E-state index in [1.165, 1.54) is 11.8 Å². The Kier molecular flexibility index (Phi) is 7.96. The molecule has 0 atom stereocenters. The lowest BCUT2D eigenvalue weighted by molar-refractivity contribution is -0.133. The number of nitrogens with one attached hydrogen (secondary N) is 3. The molecule has 126 valence electrons. The van der Waals surface area contributed by atoms with Crippen LogP contribution in [0.25, 0.3) is 0 Å². The zero-order chi connectivity index (χ0) is 17.2. The molecule has 0 radical (unpaired) electrons. The number of anilines is 1. The second-order valence-corrected chi connectivity index (χ2v) is 6.14. The molecule has 1 aromatic carbocycles. The minimum Gasteiger partial charge on any atom is -0.481 e. The van der Waals surface area contributed by atoms with Crippen molar-refractivity contribution in [3.05, 3.63) is 29.8 Å². The first-order chi connectivity index (χ1) is 10.9. The highest BCUT2D eigenvalue weighted by atomic mass is 32.2. The van der Waals surface area contributed by atoms with E-state index in [1.54, 1.807) is 24.3 Å². The van der Waals surface area contributed by atoms with Gasteiger partial charge in [-0.1, -0.05) is 6.07 Å². The third kappa shape index (κ3) is 8.10. The van der Waals surface area contributed by atoms with Crippen LogP contribution in [-0.2, 0) is 4.79 Å². The third-order valence-electron chi connectivity index (χ3n) is 2.56. The minimum absolute atomic E-state index is 0.0141. The van der Waals surface area contributed by atoms with Gasteiger partial charge in [0.1, 0.15) is 0 Å². The van der Waals surface area contributed by atoms with E-state index in [4.69, 9.17) is 5.11 Å². The van der Waals surface area contributed by atoms with Crippen LogP contribution in [0, 0.1) is 0 Å². The Hall–Kier alpha value is -2.22. The first kappa shape index (κ1) is 18.8. The Labute approximate surface area is 139 Å². The molecule has 0 bridgehead atoms. The van der Waals surface area contributed by atoms with Crippen molar-refractivity contribution in [1.29, 1.82) is 0 Å². The Bertz CT molecular complexity index is 563. The van der Waals surface area contributed by atoms with Gasteiger partial charge in [-0.25, -0.2) is 4.79 Å². The molecule has 8 heteroatoms. The zero-order valence-corrected chi connectivity index (χ0v) is 13.9. The summed E-state index contributed by atoms with van der Waals surface area (Å²) in [5, 5.41) is 16.6. The van der Waals surface area contributed by atoms with Gasteiger partial charge in [0.2, 0.25) is 0 Å². The van der Waals surface area contributed by atoms with Gasteiger partial charge in [0.25, 0.3) is 5.91 Å². The highest BCUT2D eigenvalue weighted by molar-refractivity contribution is 7.99. The first-order valence-corrected chi connectivity index (χ1v) is 8.29. The number of carbonyl (C=O) groups is 3. The van der Waals surface area contributed by atoms with Gasteiger partial charge in [-0.2, -0.15) is 0 Å². The van der Waals surface area contributed by atoms with E-state index in [-0.39, 0.29) is 23.7 Å². The van der Waals surface area contributed by atoms with Crippen molar-refractivity contribution in [2.75, 3.05) is 23.4 Å². The number of carbonyl (C=O) groups excluding carboxylic acids is 2. The smallest absolute Gasteiger partial charge is 0.319 e. The highest BCUT2D eigenvalue weighted by Crippen LogP contribution is 2.10. The molecule has 1 rings (SSSR count). The second kappa shape index (κ2) is 9.73. The van der Waals surface area contributed by atoms with E-state index < -0.39 is 5.97 Å². The number of aliphatic carboxylic acids is 1. The lowest BCUT2D eigenvalue weighted by Gasteiger charge is -2.11. The topological polar surface area (TPSA) is 108 Å². The molecule has 0 saturated heterocycles. The summed E-state index contributed by atoms with van der Waals surface area (Å²) in [6.45, 7) is 4.08. The molecule has 0 heterocycles. The molecule has 1 aromatic rings. The Balaban J connectivity index is 2.47. The van der Waals surface area contributed by atoms with Crippen molar-refractivity contribution in [3.8, 4) is 0 Å². The van der Waals surface area contributed by atoms with Crippen LogP contribution in [0.15, 0.2) is 24.3 Å². The molecule has 4 N–H and O–H groups in total. The predicted octanol–water partition coefficient (Wildman–Crippen LogP) is 1.76. The summed E-state index contributed by atoms with van der Waals surface area (Å²) in [4.78, 5) is 34.0. The predicted molar refractivity (Wildman–Crippen MR) is 91.0 cm³/mol. The summed E-state index contributed by atoms with van der Waals surface area (Å²) < 4.78 is 0. The van der Waals surface area contributed by atoms with E-state index in [9.17, 15) is 14.4 Å². The maximum Gasteiger partial charge on any atom is 0.319 e. The number of benzene rings is 1. The number of hydrogen-bond donors (Lipinski definition) is 4. The van der Waals surface area contributed by atoms with Crippen molar-refractivity contribution < 1.29 is 19.5 Å². The van der Waals surface area contributed by atoms with Crippen molar-refractivity contribution in [1.82, 2.24) is 10.6 Å². The maximum atomic E-state index is 12.0. The van der Waals surface area contributed by atoms with Gasteiger partial charge in [-0.15, -0.1) is 11.8 Å². The van der Waals surface area contributed by atoms with Gasteiger partial charge in [0.05, 0.1) is 5.75 Å². The van der Waals surface area contributed by atoms with Crippen LogP contribution in [0.1, 0.15) is 24.2 Å². The summed E-state index contributed by atoms with van der Waals surface area (Å²) in [5.41, 5.74) is 0.951. The number of carboxylic acid groups (broad SMARTS) is 1. The number of amides is 3. The molecule has 0 fully saturated rings. The Morgan fingerprint density at radius 1 is 1.26 bits per heavy atom.